The zero-order valence-corrected chi connectivity index (χ0v) is 26.0. The summed E-state index contributed by atoms with van der Waals surface area (Å²) in [7, 11) is 5.07. The number of ether oxygens (including phenoxy) is 2. The van der Waals surface area contributed by atoms with Crippen LogP contribution in [-0.4, -0.2) is 86.2 Å². The molecule has 40 heavy (non-hydrogen) atoms. The molecule has 2 rings (SSSR count). The Labute approximate surface area is 242 Å². The molecule has 0 aromatic heterocycles. The maximum Gasteiger partial charge on any atom is 0.225 e. The Hall–Kier alpha value is -2.45. The van der Waals surface area contributed by atoms with Crippen molar-refractivity contribution in [1.29, 1.82) is 0 Å². The van der Waals surface area contributed by atoms with E-state index in [9.17, 15) is 14.4 Å². The predicted octanol–water partition coefficient (Wildman–Crippen LogP) is 4.31. The number of benzene rings is 1. The first-order chi connectivity index (χ1) is 19.0. The molecule has 1 aliphatic rings. The van der Waals surface area contributed by atoms with Crippen LogP contribution in [0.3, 0.4) is 0 Å². The molecule has 8 heteroatoms. The number of amides is 3. The van der Waals surface area contributed by atoms with Gasteiger partial charge in [0, 0.05) is 40.8 Å². The van der Waals surface area contributed by atoms with Gasteiger partial charge in [-0.05, 0) is 36.7 Å². The van der Waals surface area contributed by atoms with Crippen LogP contribution in [-0.2, 0) is 30.3 Å². The van der Waals surface area contributed by atoms with Crippen molar-refractivity contribution in [2.75, 3.05) is 34.4 Å². The number of hydrogen-bond acceptors (Lipinski definition) is 5. The molecule has 8 nitrogen and oxygen atoms in total. The SMILES string of the molecule is CCC(C)C([C@@H](CC(=O)N1CCCC1C(OC)C(C)C(=O)NCCc1ccccc1)OC)N(C)C(=O)CC(C)C. The van der Waals surface area contributed by atoms with Gasteiger partial charge >= 0.3 is 0 Å². The summed E-state index contributed by atoms with van der Waals surface area (Å²) in [5, 5.41) is 3.04. The third kappa shape index (κ3) is 9.30. The van der Waals surface area contributed by atoms with Gasteiger partial charge in [0.15, 0.2) is 0 Å². The fourth-order valence-corrected chi connectivity index (χ4v) is 5.95. The van der Waals surface area contributed by atoms with E-state index in [2.05, 4.69) is 19.2 Å². The highest BCUT2D eigenvalue weighted by Crippen LogP contribution is 2.29. The van der Waals surface area contributed by atoms with Crippen LogP contribution in [0.5, 0.6) is 0 Å². The van der Waals surface area contributed by atoms with Crippen molar-refractivity contribution in [2.24, 2.45) is 17.8 Å². The molecule has 226 valence electrons. The average Bonchev–Trinajstić information content (AvgIpc) is 3.42. The van der Waals surface area contributed by atoms with Gasteiger partial charge in [-0.3, -0.25) is 14.4 Å². The molecule has 5 unspecified atom stereocenters. The lowest BCUT2D eigenvalue weighted by molar-refractivity contribution is -0.146. The monoisotopic (exact) mass is 559 g/mol. The van der Waals surface area contributed by atoms with Crippen molar-refractivity contribution in [3.8, 4) is 0 Å². The molecule has 1 heterocycles. The van der Waals surface area contributed by atoms with Crippen molar-refractivity contribution in [1.82, 2.24) is 15.1 Å². The number of rotatable bonds is 16. The van der Waals surface area contributed by atoms with Gasteiger partial charge in [-0.2, -0.15) is 0 Å². The van der Waals surface area contributed by atoms with E-state index in [1.165, 1.54) is 5.56 Å². The van der Waals surface area contributed by atoms with Gasteiger partial charge < -0.3 is 24.6 Å². The molecule has 0 aliphatic carbocycles. The van der Waals surface area contributed by atoms with E-state index in [0.717, 1.165) is 25.7 Å². The summed E-state index contributed by atoms with van der Waals surface area (Å²) in [6.45, 7) is 11.3. The molecule has 0 radical (unpaired) electrons. The van der Waals surface area contributed by atoms with Crippen molar-refractivity contribution in [3.63, 3.8) is 0 Å². The second-order valence-corrected chi connectivity index (χ2v) is 11.8. The van der Waals surface area contributed by atoms with Crippen molar-refractivity contribution in [2.45, 2.75) is 97.4 Å². The van der Waals surface area contributed by atoms with Gasteiger partial charge in [0.1, 0.15) is 0 Å². The van der Waals surface area contributed by atoms with E-state index in [4.69, 9.17) is 9.47 Å². The number of hydrogen-bond donors (Lipinski definition) is 1. The fraction of sp³-hybridized carbons (Fsp3) is 0.719. The Morgan fingerprint density at radius 2 is 1.73 bits per heavy atom. The Balaban J connectivity index is 2.09. The second-order valence-electron chi connectivity index (χ2n) is 11.8. The lowest BCUT2D eigenvalue weighted by atomic mass is 9.90. The molecule has 0 spiro atoms. The van der Waals surface area contributed by atoms with Crippen LogP contribution in [0.4, 0.5) is 0 Å². The van der Waals surface area contributed by atoms with Crippen molar-refractivity contribution < 1.29 is 23.9 Å². The highest BCUT2D eigenvalue weighted by atomic mass is 16.5. The molecular weight excluding hydrogens is 506 g/mol. The summed E-state index contributed by atoms with van der Waals surface area (Å²) in [4.78, 5) is 43.4. The number of nitrogens with one attached hydrogen (secondary N) is 1. The summed E-state index contributed by atoms with van der Waals surface area (Å²) in [6.07, 6.45) is 3.07. The lowest BCUT2D eigenvalue weighted by Gasteiger charge is -2.39. The van der Waals surface area contributed by atoms with E-state index in [-0.39, 0.29) is 48.1 Å². The standard InChI is InChI=1S/C32H53N3O5/c1-9-23(4)30(34(6)28(36)20-22(2)3)27(39-7)21-29(37)35-19-13-16-26(35)31(40-8)24(5)32(38)33-18-17-25-14-11-10-12-15-25/h10-12,14-15,22-24,26-27,30-31H,9,13,16-21H2,1-8H3,(H,33,38)/t23?,24?,26?,27-,30?,31?/m1/s1. The normalized spacial score (nSPS) is 19.1. The highest BCUT2D eigenvalue weighted by molar-refractivity contribution is 5.80. The van der Waals surface area contributed by atoms with E-state index < -0.39 is 18.1 Å². The van der Waals surface area contributed by atoms with Crippen LogP contribution in [0, 0.1) is 17.8 Å². The van der Waals surface area contributed by atoms with Crippen LogP contribution < -0.4 is 5.32 Å². The Morgan fingerprint density at radius 1 is 1.05 bits per heavy atom. The first-order valence-corrected chi connectivity index (χ1v) is 15.0. The first kappa shape index (κ1) is 33.8. The van der Waals surface area contributed by atoms with Gasteiger partial charge in [-0.1, -0.05) is 71.4 Å². The molecule has 3 amide bonds. The molecule has 0 saturated carbocycles. The van der Waals surface area contributed by atoms with E-state index >= 15 is 0 Å². The minimum Gasteiger partial charge on any atom is -0.379 e. The van der Waals surface area contributed by atoms with E-state index in [1.807, 2.05) is 63.1 Å². The van der Waals surface area contributed by atoms with Gasteiger partial charge in [0.2, 0.25) is 17.7 Å². The number of carbonyl (C=O) groups excluding carboxylic acids is 3. The maximum absolute atomic E-state index is 13.7. The Kier molecular flexibility index (Phi) is 14.1. The predicted molar refractivity (Wildman–Crippen MR) is 159 cm³/mol. The largest absolute Gasteiger partial charge is 0.379 e. The van der Waals surface area contributed by atoms with Crippen LogP contribution in [0.1, 0.15) is 72.3 Å². The van der Waals surface area contributed by atoms with Crippen LogP contribution >= 0.6 is 0 Å². The molecule has 1 N–H and O–H groups in total. The quantitative estimate of drug-likeness (QED) is 0.326. The number of nitrogens with zero attached hydrogens (tertiary/aromatic N) is 2. The third-order valence-electron chi connectivity index (χ3n) is 8.44. The Bertz CT molecular complexity index is 924. The van der Waals surface area contributed by atoms with Crippen molar-refractivity contribution in [3.05, 3.63) is 35.9 Å². The summed E-state index contributed by atoms with van der Waals surface area (Å²) in [5.74, 6) is -0.0147. The highest BCUT2D eigenvalue weighted by Gasteiger charge is 2.41. The zero-order valence-electron chi connectivity index (χ0n) is 26.0. The summed E-state index contributed by atoms with van der Waals surface area (Å²) >= 11 is 0. The number of carbonyl (C=O) groups is 3. The average molecular weight is 560 g/mol. The topological polar surface area (TPSA) is 88.2 Å². The smallest absolute Gasteiger partial charge is 0.225 e. The molecule has 1 aromatic rings. The van der Waals surface area contributed by atoms with E-state index in [0.29, 0.717) is 19.5 Å². The number of methoxy groups -OCH3 is 2. The molecule has 1 fully saturated rings. The molecule has 0 bridgehead atoms. The van der Waals surface area contributed by atoms with Gasteiger partial charge in [0.25, 0.3) is 0 Å². The Morgan fingerprint density at radius 3 is 2.30 bits per heavy atom. The number of likely N-dealkylation sites (N-methyl/N-ethyl adjacent to an activating group) is 1. The molecular formula is C32H53N3O5. The second kappa shape index (κ2) is 16.7. The van der Waals surface area contributed by atoms with Crippen LogP contribution in [0.2, 0.25) is 0 Å². The molecule has 1 aromatic carbocycles. The first-order valence-electron chi connectivity index (χ1n) is 15.0. The number of likely N-dealkylation sites (tertiary alicyclic amines) is 1. The van der Waals surface area contributed by atoms with E-state index in [1.54, 1.807) is 19.1 Å². The molecule has 1 aliphatic heterocycles. The maximum atomic E-state index is 13.7. The fourth-order valence-electron chi connectivity index (χ4n) is 5.95. The van der Waals surface area contributed by atoms with Crippen molar-refractivity contribution >= 4 is 17.7 Å². The minimum absolute atomic E-state index is 0.0221. The molecule has 1 saturated heterocycles. The van der Waals surface area contributed by atoms with Crippen LogP contribution in [0.25, 0.3) is 0 Å². The summed E-state index contributed by atoms with van der Waals surface area (Å²) in [6, 6.07) is 9.66. The zero-order chi connectivity index (χ0) is 29.8. The van der Waals surface area contributed by atoms with Crippen LogP contribution in [0.15, 0.2) is 30.3 Å². The third-order valence-corrected chi connectivity index (χ3v) is 8.44. The summed E-state index contributed by atoms with van der Waals surface area (Å²) < 4.78 is 11.8. The molecule has 6 atom stereocenters. The van der Waals surface area contributed by atoms with Gasteiger partial charge in [-0.15, -0.1) is 0 Å². The lowest BCUT2D eigenvalue weighted by Crippen LogP contribution is -2.53. The minimum atomic E-state index is -0.426. The van der Waals surface area contributed by atoms with Gasteiger partial charge in [0.05, 0.1) is 36.6 Å². The summed E-state index contributed by atoms with van der Waals surface area (Å²) in [5.41, 5.74) is 1.17. The van der Waals surface area contributed by atoms with Gasteiger partial charge in [-0.25, -0.2) is 0 Å².